The van der Waals surface area contributed by atoms with Crippen LogP contribution in [0.25, 0.3) is 0 Å². The van der Waals surface area contributed by atoms with Crippen molar-refractivity contribution in [1.29, 1.82) is 0 Å². The lowest BCUT2D eigenvalue weighted by Crippen LogP contribution is -2.54. The smallest absolute Gasteiger partial charge is 0.184 e. The molecule has 10 atom stereocenters. The first kappa shape index (κ1) is 24.6. The summed E-state index contributed by atoms with van der Waals surface area (Å²) in [6, 6.07) is 10.1. The summed E-state index contributed by atoms with van der Waals surface area (Å²) in [7, 11) is 1.65. The maximum Gasteiger partial charge on any atom is 0.184 e. The average molecular weight is 437 g/mol. The molecule has 0 aliphatic carbocycles. The van der Waals surface area contributed by atoms with E-state index < -0.39 is 18.7 Å². The highest BCUT2D eigenvalue weighted by Crippen LogP contribution is 2.36. The fraction of sp³-hybridized carbons (Fsp3) is 0.760. The van der Waals surface area contributed by atoms with E-state index in [4.69, 9.17) is 23.7 Å². The van der Waals surface area contributed by atoms with Gasteiger partial charge in [0.15, 0.2) is 12.6 Å². The van der Waals surface area contributed by atoms with Crippen LogP contribution in [0.3, 0.4) is 0 Å². The van der Waals surface area contributed by atoms with Crippen molar-refractivity contribution >= 4 is 0 Å². The third kappa shape index (κ3) is 5.67. The summed E-state index contributed by atoms with van der Waals surface area (Å²) < 4.78 is 30.2. The number of rotatable bonds is 8. The van der Waals surface area contributed by atoms with Crippen molar-refractivity contribution < 1.29 is 28.8 Å². The van der Waals surface area contributed by atoms with Crippen molar-refractivity contribution in [3.05, 3.63) is 35.9 Å². The molecule has 31 heavy (non-hydrogen) atoms. The molecule has 1 aromatic carbocycles. The van der Waals surface area contributed by atoms with Crippen molar-refractivity contribution in [2.45, 2.75) is 84.6 Å². The lowest BCUT2D eigenvalue weighted by atomic mass is 9.82. The van der Waals surface area contributed by atoms with Gasteiger partial charge in [0.05, 0.1) is 25.4 Å². The molecule has 0 spiro atoms. The average Bonchev–Trinajstić information content (AvgIpc) is 2.79. The molecule has 2 fully saturated rings. The third-order valence-corrected chi connectivity index (χ3v) is 7.40. The van der Waals surface area contributed by atoms with Gasteiger partial charge in [0.1, 0.15) is 12.2 Å². The van der Waals surface area contributed by atoms with Gasteiger partial charge in [0.2, 0.25) is 0 Å². The van der Waals surface area contributed by atoms with Crippen LogP contribution in [0.4, 0.5) is 0 Å². The monoisotopic (exact) mass is 436 g/mol. The molecular formula is C25H40O6. The number of hydrogen-bond acceptors (Lipinski definition) is 6. The molecular weight excluding hydrogens is 396 g/mol. The molecule has 2 aliphatic rings. The second-order valence-corrected chi connectivity index (χ2v) is 9.25. The maximum absolute atomic E-state index is 10.7. The van der Waals surface area contributed by atoms with Crippen LogP contribution in [-0.4, -0.2) is 55.8 Å². The number of methoxy groups -OCH3 is 1. The molecule has 2 heterocycles. The van der Waals surface area contributed by atoms with Gasteiger partial charge in [0.25, 0.3) is 0 Å². The van der Waals surface area contributed by atoms with Gasteiger partial charge >= 0.3 is 0 Å². The summed E-state index contributed by atoms with van der Waals surface area (Å²) in [5.74, 6) is 0.835. The fourth-order valence-corrected chi connectivity index (χ4v) is 4.71. The highest BCUT2D eigenvalue weighted by atomic mass is 16.7. The van der Waals surface area contributed by atoms with Gasteiger partial charge in [-0.1, -0.05) is 65.0 Å². The molecule has 176 valence electrons. The number of aliphatic hydroxyl groups excluding tert-OH is 1. The molecule has 2 aliphatic heterocycles. The zero-order valence-corrected chi connectivity index (χ0v) is 19.8. The zero-order valence-electron chi connectivity index (χ0n) is 19.8. The van der Waals surface area contributed by atoms with E-state index >= 15 is 0 Å². The Bertz CT molecular complexity index is 651. The zero-order chi connectivity index (χ0) is 22.5. The quantitative estimate of drug-likeness (QED) is 0.664. The van der Waals surface area contributed by atoms with E-state index in [0.29, 0.717) is 19.1 Å². The largest absolute Gasteiger partial charge is 0.388 e. The molecule has 0 amide bonds. The van der Waals surface area contributed by atoms with Crippen LogP contribution in [0.5, 0.6) is 0 Å². The van der Waals surface area contributed by atoms with Crippen LogP contribution in [0.1, 0.15) is 46.6 Å². The minimum atomic E-state index is -0.644. The molecule has 0 aromatic heterocycles. The second kappa shape index (κ2) is 11.2. The van der Waals surface area contributed by atoms with Crippen LogP contribution in [0.2, 0.25) is 0 Å². The van der Waals surface area contributed by atoms with E-state index in [2.05, 4.69) is 46.8 Å². The predicted molar refractivity (Wildman–Crippen MR) is 118 cm³/mol. The number of ether oxygens (including phenoxy) is 5. The number of benzene rings is 1. The predicted octanol–water partition coefficient (Wildman–Crippen LogP) is 4.00. The Morgan fingerprint density at radius 3 is 2.13 bits per heavy atom. The molecule has 0 saturated carbocycles. The van der Waals surface area contributed by atoms with E-state index in [9.17, 15) is 5.11 Å². The van der Waals surface area contributed by atoms with E-state index in [-0.39, 0.29) is 36.1 Å². The van der Waals surface area contributed by atoms with Crippen molar-refractivity contribution in [3.63, 3.8) is 0 Å². The Balaban J connectivity index is 1.58. The molecule has 0 bridgehead atoms. The van der Waals surface area contributed by atoms with Gasteiger partial charge in [-0.15, -0.1) is 0 Å². The Kier molecular flexibility index (Phi) is 8.91. The number of hydrogen-bond donors (Lipinski definition) is 1. The summed E-state index contributed by atoms with van der Waals surface area (Å²) in [6.45, 7) is 11.5. The Labute approximate surface area is 187 Å². The maximum atomic E-state index is 10.7. The molecule has 1 N–H and O–H groups in total. The van der Waals surface area contributed by atoms with Gasteiger partial charge in [-0.25, -0.2) is 0 Å². The molecule has 1 aromatic rings. The SMILES string of the molecule is CCC1O[C@@H](OCC2O[C@H](OC)C(OCc3ccccc3)[C@@H](C)[C@@H]2C)C(O)[C@@H](C)[C@@H]1C. The Hall–Kier alpha value is -1.02. The highest BCUT2D eigenvalue weighted by Gasteiger charge is 2.44. The van der Waals surface area contributed by atoms with E-state index in [1.165, 1.54) is 0 Å². The first-order valence-corrected chi connectivity index (χ1v) is 11.7. The molecule has 6 nitrogen and oxygen atoms in total. The van der Waals surface area contributed by atoms with Crippen LogP contribution in [-0.2, 0) is 30.3 Å². The standard InChI is InChI=1S/C25H40O6/c1-7-20-15(2)17(4)22(26)24(30-20)29-14-21-16(3)18(5)23(25(27-6)31-21)28-13-19-11-9-8-10-12-19/h8-12,15-18,20-26H,7,13-14H2,1-6H3/t15-,16-,17-,18-,20?,21?,22?,23?,24+,25-/m0/s1. The Morgan fingerprint density at radius 2 is 1.48 bits per heavy atom. The molecule has 6 heteroatoms. The second-order valence-electron chi connectivity index (χ2n) is 9.25. The van der Waals surface area contributed by atoms with Gasteiger partial charge < -0.3 is 28.8 Å². The first-order chi connectivity index (χ1) is 14.9. The van der Waals surface area contributed by atoms with Crippen molar-refractivity contribution in [3.8, 4) is 0 Å². The summed E-state index contributed by atoms with van der Waals surface area (Å²) in [4.78, 5) is 0. The van der Waals surface area contributed by atoms with Crippen molar-refractivity contribution in [1.82, 2.24) is 0 Å². The van der Waals surface area contributed by atoms with Gasteiger partial charge in [0, 0.05) is 7.11 Å². The first-order valence-electron chi connectivity index (χ1n) is 11.7. The summed E-state index contributed by atoms with van der Waals surface area (Å²) >= 11 is 0. The Morgan fingerprint density at radius 1 is 0.839 bits per heavy atom. The summed E-state index contributed by atoms with van der Waals surface area (Å²) in [5.41, 5.74) is 1.12. The molecule has 3 rings (SSSR count). The molecule has 4 unspecified atom stereocenters. The van der Waals surface area contributed by atoms with Gasteiger partial charge in [-0.3, -0.25) is 0 Å². The van der Waals surface area contributed by atoms with Crippen molar-refractivity contribution in [2.24, 2.45) is 23.7 Å². The van der Waals surface area contributed by atoms with Crippen LogP contribution in [0.15, 0.2) is 30.3 Å². The van der Waals surface area contributed by atoms with Crippen LogP contribution in [0, 0.1) is 23.7 Å². The lowest BCUT2D eigenvalue weighted by Gasteiger charge is -2.45. The molecule has 0 radical (unpaired) electrons. The van der Waals surface area contributed by atoms with Crippen LogP contribution >= 0.6 is 0 Å². The lowest BCUT2D eigenvalue weighted by molar-refractivity contribution is -0.308. The summed E-state index contributed by atoms with van der Waals surface area (Å²) in [5, 5.41) is 10.7. The van der Waals surface area contributed by atoms with Gasteiger partial charge in [-0.05, 0) is 35.7 Å². The number of aliphatic hydroxyl groups is 1. The highest BCUT2D eigenvalue weighted by molar-refractivity contribution is 5.13. The third-order valence-electron chi connectivity index (χ3n) is 7.40. The van der Waals surface area contributed by atoms with E-state index in [1.54, 1.807) is 7.11 Å². The normalized spacial score (nSPS) is 41.3. The minimum Gasteiger partial charge on any atom is -0.388 e. The fourth-order valence-electron chi connectivity index (χ4n) is 4.71. The van der Waals surface area contributed by atoms with Crippen LogP contribution < -0.4 is 0 Å². The minimum absolute atomic E-state index is 0.0921. The topological polar surface area (TPSA) is 66.4 Å². The van der Waals surface area contributed by atoms with Crippen molar-refractivity contribution in [2.75, 3.05) is 13.7 Å². The van der Waals surface area contributed by atoms with E-state index in [0.717, 1.165) is 12.0 Å². The van der Waals surface area contributed by atoms with E-state index in [1.807, 2.05) is 18.2 Å². The molecule has 2 saturated heterocycles. The summed E-state index contributed by atoms with van der Waals surface area (Å²) in [6.07, 6.45) is -1.08. The van der Waals surface area contributed by atoms with Gasteiger partial charge in [-0.2, -0.15) is 0 Å².